The summed E-state index contributed by atoms with van der Waals surface area (Å²) in [7, 11) is 1.83. The van der Waals surface area contributed by atoms with E-state index in [9.17, 15) is 4.79 Å². The highest BCUT2D eigenvalue weighted by molar-refractivity contribution is 8.00. The van der Waals surface area contributed by atoms with Crippen molar-refractivity contribution in [3.8, 4) is 0 Å². The smallest absolute Gasteiger partial charge is 0.237 e. The lowest BCUT2D eigenvalue weighted by molar-refractivity contribution is -0.116. The number of nitrogens with zero attached hydrogens (tertiary/aromatic N) is 1. The molecule has 0 saturated carbocycles. The summed E-state index contributed by atoms with van der Waals surface area (Å²) in [6.45, 7) is 0.725. The topological polar surface area (TPSA) is 46.3 Å². The predicted molar refractivity (Wildman–Crippen MR) is 68.0 cm³/mol. The van der Waals surface area contributed by atoms with Crippen LogP contribution in [0.3, 0.4) is 0 Å². The van der Waals surface area contributed by atoms with E-state index in [2.05, 4.69) is 12.1 Å². The van der Waals surface area contributed by atoms with Crippen LogP contribution in [0.15, 0.2) is 23.1 Å². The van der Waals surface area contributed by atoms with Crippen LogP contribution < -0.4 is 10.6 Å². The molecule has 2 rings (SSSR count). The minimum atomic E-state index is 0.173. The summed E-state index contributed by atoms with van der Waals surface area (Å²) in [6, 6.07) is 6.30. The summed E-state index contributed by atoms with van der Waals surface area (Å²) in [5.74, 6) is 0.719. The summed E-state index contributed by atoms with van der Waals surface area (Å²) in [5.41, 5.74) is 7.83. The van der Waals surface area contributed by atoms with Crippen molar-refractivity contribution in [1.82, 2.24) is 0 Å². The van der Waals surface area contributed by atoms with Crippen LogP contribution in [0.5, 0.6) is 0 Å². The first kappa shape index (κ1) is 11.5. The number of carbonyl (C=O) groups is 1. The van der Waals surface area contributed by atoms with Gasteiger partial charge < -0.3 is 10.6 Å². The molecule has 1 aromatic rings. The lowest BCUT2D eigenvalue weighted by atomic mass is 10.1. The molecule has 1 amide bonds. The van der Waals surface area contributed by atoms with Gasteiger partial charge in [0.1, 0.15) is 0 Å². The number of thioether (sulfide) groups is 1. The molecule has 16 heavy (non-hydrogen) atoms. The maximum Gasteiger partial charge on any atom is 0.237 e. The standard InChI is InChI=1S/C12H16N2OS/c1-14-10-5-4-9(3-2-6-13)7-11(10)16-8-12(14)15/h4-5,7H,2-3,6,8,13H2,1H3. The fraction of sp³-hybridized carbons (Fsp3) is 0.417. The summed E-state index contributed by atoms with van der Waals surface area (Å²) in [4.78, 5) is 14.4. The van der Waals surface area contributed by atoms with E-state index in [0.29, 0.717) is 5.75 Å². The third-order valence-electron chi connectivity index (χ3n) is 2.78. The Balaban J connectivity index is 2.23. The van der Waals surface area contributed by atoms with Crippen molar-refractivity contribution in [1.29, 1.82) is 0 Å². The number of benzene rings is 1. The Morgan fingerprint density at radius 2 is 2.31 bits per heavy atom. The van der Waals surface area contributed by atoms with E-state index in [1.54, 1.807) is 16.7 Å². The Morgan fingerprint density at radius 3 is 3.06 bits per heavy atom. The monoisotopic (exact) mass is 236 g/mol. The van der Waals surface area contributed by atoms with Crippen LogP contribution in [-0.2, 0) is 11.2 Å². The highest BCUT2D eigenvalue weighted by Gasteiger charge is 2.21. The maximum absolute atomic E-state index is 11.5. The van der Waals surface area contributed by atoms with E-state index in [4.69, 9.17) is 5.73 Å². The molecule has 2 N–H and O–H groups in total. The minimum absolute atomic E-state index is 0.173. The molecule has 0 saturated heterocycles. The van der Waals surface area contributed by atoms with Crippen LogP contribution in [0.4, 0.5) is 5.69 Å². The molecule has 0 aliphatic carbocycles. The van der Waals surface area contributed by atoms with Gasteiger partial charge >= 0.3 is 0 Å². The normalized spacial score (nSPS) is 15.1. The van der Waals surface area contributed by atoms with Crippen LogP contribution in [0.1, 0.15) is 12.0 Å². The van der Waals surface area contributed by atoms with E-state index >= 15 is 0 Å². The highest BCUT2D eigenvalue weighted by Crippen LogP contribution is 2.35. The lowest BCUT2D eigenvalue weighted by Gasteiger charge is -2.25. The lowest BCUT2D eigenvalue weighted by Crippen LogP contribution is -2.31. The van der Waals surface area contributed by atoms with Gasteiger partial charge in [0.15, 0.2) is 0 Å². The summed E-state index contributed by atoms with van der Waals surface area (Å²) in [6.07, 6.45) is 2.03. The third-order valence-corrected chi connectivity index (χ3v) is 3.81. The summed E-state index contributed by atoms with van der Waals surface area (Å²) in [5, 5.41) is 0. The largest absolute Gasteiger partial charge is 0.330 e. The second-order valence-electron chi connectivity index (χ2n) is 3.94. The van der Waals surface area contributed by atoms with Gasteiger partial charge in [0, 0.05) is 11.9 Å². The van der Waals surface area contributed by atoms with Crippen LogP contribution in [0.2, 0.25) is 0 Å². The number of anilines is 1. The van der Waals surface area contributed by atoms with E-state index in [1.165, 1.54) is 10.5 Å². The van der Waals surface area contributed by atoms with Gasteiger partial charge in [-0.2, -0.15) is 0 Å². The maximum atomic E-state index is 11.5. The molecule has 0 unspecified atom stereocenters. The zero-order valence-corrected chi connectivity index (χ0v) is 10.2. The average Bonchev–Trinajstić information content (AvgIpc) is 2.31. The third kappa shape index (κ3) is 2.23. The first-order valence-corrected chi connectivity index (χ1v) is 6.43. The molecule has 1 aliphatic rings. The molecule has 1 aromatic carbocycles. The Kier molecular flexibility index (Phi) is 3.51. The predicted octanol–water partition coefficient (Wildman–Crippen LogP) is 1.65. The first-order chi connectivity index (χ1) is 7.72. The molecular weight excluding hydrogens is 220 g/mol. The Labute approximate surface area is 100.0 Å². The number of fused-ring (bicyclic) bond motifs is 1. The SMILES string of the molecule is CN1C(=O)CSc2cc(CCCN)ccc21. The Morgan fingerprint density at radius 1 is 1.50 bits per heavy atom. The molecule has 1 heterocycles. The number of hydrogen-bond donors (Lipinski definition) is 1. The van der Waals surface area contributed by atoms with E-state index in [1.807, 2.05) is 13.1 Å². The van der Waals surface area contributed by atoms with Gasteiger partial charge in [-0.05, 0) is 37.1 Å². The van der Waals surface area contributed by atoms with E-state index < -0.39 is 0 Å². The molecule has 0 fully saturated rings. The van der Waals surface area contributed by atoms with Crippen molar-refractivity contribution in [2.24, 2.45) is 5.73 Å². The van der Waals surface area contributed by atoms with Crippen molar-refractivity contribution >= 4 is 23.4 Å². The van der Waals surface area contributed by atoms with Crippen molar-refractivity contribution in [2.45, 2.75) is 17.7 Å². The molecule has 0 aromatic heterocycles. The molecule has 0 bridgehead atoms. The van der Waals surface area contributed by atoms with Gasteiger partial charge in [0.25, 0.3) is 0 Å². The minimum Gasteiger partial charge on any atom is -0.330 e. The molecule has 4 heteroatoms. The Hall–Kier alpha value is -1.00. The van der Waals surface area contributed by atoms with Crippen LogP contribution >= 0.6 is 11.8 Å². The average molecular weight is 236 g/mol. The van der Waals surface area contributed by atoms with Crippen LogP contribution in [0, 0.1) is 0 Å². The molecule has 1 aliphatic heterocycles. The van der Waals surface area contributed by atoms with Crippen molar-refractivity contribution in [3.05, 3.63) is 23.8 Å². The van der Waals surface area contributed by atoms with Crippen molar-refractivity contribution < 1.29 is 4.79 Å². The molecule has 0 atom stereocenters. The second-order valence-corrected chi connectivity index (χ2v) is 4.95. The van der Waals surface area contributed by atoms with Crippen LogP contribution in [0.25, 0.3) is 0 Å². The molecule has 0 spiro atoms. The van der Waals surface area contributed by atoms with Gasteiger partial charge in [-0.25, -0.2) is 0 Å². The van der Waals surface area contributed by atoms with E-state index in [0.717, 1.165) is 25.1 Å². The number of rotatable bonds is 3. The van der Waals surface area contributed by atoms with Gasteiger partial charge in [-0.1, -0.05) is 6.07 Å². The zero-order valence-electron chi connectivity index (χ0n) is 9.40. The van der Waals surface area contributed by atoms with Gasteiger partial charge in [0.05, 0.1) is 11.4 Å². The van der Waals surface area contributed by atoms with Crippen molar-refractivity contribution in [2.75, 3.05) is 24.2 Å². The highest BCUT2D eigenvalue weighted by atomic mass is 32.2. The first-order valence-electron chi connectivity index (χ1n) is 5.44. The summed E-state index contributed by atoms with van der Waals surface area (Å²) < 4.78 is 0. The number of nitrogens with two attached hydrogens (primary N) is 1. The van der Waals surface area contributed by atoms with E-state index in [-0.39, 0.29) is 5.91 Å². The fourth-order valence-electron chi connectivity index (χ4n) is 1.78. The molecule has 86 valence electrons. The Bertz CT molecular complexity index is 406. The molecular formula is C12H16N2OS. The fourth-order valence-corrected chi connectivity index (χ4v) is 2.84. The van der Waals surface area contributed by atoms with Crippen LogP contribution in [-0.4, -0.2) is 25.3 Å². The number of hydrogen-bond acceptors (Lipinski definition) is 3. The number of amides is 1. The zero-order chi connectivity index (χ0) is 11.5. The molecule has 3 nitrogen and oxygen atoms in total. The second kappa shape index (κ2) is 4.89. The van der Waals surface area contributed by atoms with Gasteiger partial charge in [0.2, 0.25) is 5.91 Å². The number of carbonyl (C=O) groups excluding carboxylic acids is 1. The quantitative estimate of drug-likeness (QED) is 0.868. The van der Waals surface area contributed by atoms with Gasteiger partial charge in [-0.3, -0.25) is 4.79 Å². The molecule has 0 radical (unpaired) electrons. The van der Waals surface area contributed by atoms with Crippen molar-refractivity contribution in [3.63, 3.8) is 0 Å². The number of aryl methyl sites for hydroxylation is 1. The van der Waals surface area contributed by atoms with Gasteiger partial charge in [-0.15, -0.1) is 11.8 Å². The summed E-state index contributed by atoms with van der Waals surface area (Å²) >= 11 is 1.63.